The molecule has 3 N–H and O–H groups in total. The van der Waals surface area contributed by atoms with Crippen LogP contribution >= 0.6 is 0 Å². The second kappa shape index (κ2) is 17.5. The minimum Gasteiger partial charge on any atom is -0.497 e. The van der Waals surface area contributed by atoms with Gasteiger partial charge in [-0.3, -0.25) is 9.59 Å². The summed E-state index contributed by atoms with van der Waals surface area (Å²) in [6, 6.07) is 12.1. The fourth-order valence-electron chi connectivity index (χ4n) is 4.43. The Morgan fingerprint density at radius 2 is 1.61 bits per heavy atom. The van der Waals surface area contributed by atoms with Crippen molar-refractivity contribution in [3.05, 3.63) is 59.7 Å². The molecule has 0 unspecified atom stereocenters. The highest BCUT2D eigenvalue weighted by atomic mass is 19.4. The predicted molar refractivity (Wildman–Crippen MR) is 150 cm³/mol. The van der Waals surface area contributed by atoms with Gasteiger partial charge in [-0.1, -0.05) is 38.1 Å². The van der Waals surface area contributed by atoms with Crippen molar-refractivity contribution in [2.45, 2.75) is 77.4 Å². The summed E-state index contributed by atoms with van der Waals surface area (Å²) >= 11 is 0. The Morgan fingerprint density at radius 1 is 0.976 bits per heavy atom. The number of rotatable bonds is 18. The third-order valence-electron chi connectivity index (χ3n) is 6.35. The molecule has 11 heteroatoms. The van der Waals surface area contributed by atoms with Crippen LogP contribution in [0.15, 0.2) is 48.5 Å². The molecule has 0 spiro atoms. The van der Waals surface area contributed by atoms with Gasteiger partial charge >= 0.3 is 6.36 Å². The van der Waals surface area contributed by atoms with E-state index < -0.39 is 18.5 Å². The first-order valence-electron chi connectivity index (χ1n) is 14.0. The number of aliphatic hydroxyl groups is 1. The first-order chi connectivity index (χ1) is 19.5. The molecule has 2 aromatic rings. The van der Waals surface area contributed by atoms with Gasteiger partial charge in [0, 0.05) is 39.0 Å². The van der Waals surface area contributed by atoms with Gasteiger partial charge in [-0.05, 0) is 61.1 Å². The lowest BCUT2D eigenvalue weighted by atomic mass is 10.00. The van der Waals surface area contributed by atoms with E-state index in [1.165, 1.54) is 18.2 Å². The molecule has 41 heavy (non-hydrogen) atoms. The van der Waals surface area contributed by atoms with Crippen LogP contribution in [0.5, 0.6) is 11.5 Å². The zero-order chi connectivity index (χ0) is 30.3. The predicted octanol–water partition coefficient (Wildman–Crippen LogP) is 4.59. The molecule has 0 aliphatic rings. The van der Waals surface area contributed by atoms with Crippen LogP contribution in [0.1, 0.15) is 57.1 Å². The van der Waals surface area contributed by atoms with E-state index in [9.17, 15) is 27.9 Å². The molecule has 0 bridgehead atoms. The molecule has 2 rings (SSSR count). The number of halogens is 3. The van der Waals surface area contributed by atoms with Gasteiger partial charge in [-0.2, -0.15) is 0 Å². The van der Waals surface area contributed by atoms with E-state index in [2.05, 4.69) is 15.4 Å². The molecule has 2 amide bonds. The smallest absolute Gasteiger partial charge is 0.497 e. The summed E-state index contributed by atoms with van der Waals surface area (Å²) in [6.45, 7) is 5.90. The van der Waals surface area contributed by atoms with Crippen molar-refractivity contribution in [1.29, 1.82) is 0 Å². The third kappa shape index (κ3) is 13.3. The Balaban J connectivity index is 2.03. The standard InChI is InChI=1S/C30H42F3N3O5/c1-4-15-36(16-5-2)29(39)14-8-13-28(38)35-26(19-22-9-6-12-25(17-22)41-30(31,32)33)27(37)21-34-20-23-10-7-11-24(18-23)40-3/h6-7,9-12,17-18,26-27,34,37H,4-5,8,13-16,19-21H2,1-3H3,(H,35,38)/t26-,27+/m0/s1. The molecular formula is C30H42F3N3O5. The number of hydrogen-bond donors (Lipinski definition) is 3. The number of nitrogens with zero attached hydrogens (tertiary/aromatic N) is 1. The highest BCUT2D eigenvalue weighted by Gasteiger charge is 2.31. The van der Waals surface area contributed by atoms with Gasteiger partial charge in [-0.25, -0.2) is 0 Å². The number of benzene rings is 2. The van der Waals surface area contributed by atoms with Crippen LogP contribution < -0.4 is 20.1 Å². The molecule has 0 heterocycles. The number of methoxy groups -OCH3 is 1. The average Bonchev–Trinajstić information content (AvgIpc) is 2.92. The quantitative estimate of drug-likeness (QED) is 0.238. The van der Waals surface area contributed by atoms with Crippen LogP contribution in [0.3, 0.4) is 0 Å². The maximum atomic E-state index is 12.8. The Hall–Kier alpha value is -3.31. The molecule has 0 fully saturated rings. The molecule has 0 radical (unpaired) electrons. The fraction of sp³-hybridized carbons (Fsp3) is 0.533. The Kier molecular flexibility index (Phi) is 14.5. The third-order valence-corrected chi connectivity index (χ3v) is 6.35. The van der Waals surface area contributed by atoms with E-state index in [1.807, 2.05) is 38.1 Å². The van der Waals surface area contributed by atoms with Gasteiger partial charge in [0.25, 0.3) is 0 Å². The molecule has 0 aliphatic heterocycles. The summed E-state index contributed by atoms with van der Waals surface area (Å²) in [7, 11) is 1.57. The van der Waals surface area contributed by atoms with Crippen LogP contribution in [-0.4, -0.2) is 67.1 Å². The number of hydrogen-bond acceptors (Lipinski definition) is 6. The summed E-state index contributed by atoms with van der Waals surface area (Å²) < 4.78 is 47.4. The van der Waals surface area contributed by atoms with Gasteiger partial charge < -0.3 is 30.1 Å². The van der Waals surface area contributed by atoms with Gasteiger partial charge in [0.05, 0.1) is 19.3 Å². The van der Waals surface area contributed by atoms with Crippen molar-refractivity contribution in [2.24, 2.45) is 0 Å². The normalized spacial score (nSPS) is 12.9. The number of ether oxygens (including phenoxy) is 2. The van der Waals surface area contributed by atoms with Gasteiger partial charge in [0.2, 0.25) is 11.8 Å². The second-order valence-corrected chi connectivity index (χ2v) is 9.86. The molecule has 2 atom stereocenters. The van der Waals surface area contributed by atoms with Gasteiger partial charge in [0.1, 0.15) is 11.5 Å². The number of nitrogens with one attached hydrogen (secondary N) is 2. The largest absolute Gasteiger partial charge is 0.573 e. The van der Waals surface area contributed by atoms with Crippen molar-refractivity contribution < 1.29 is 37.3 Å². The van der Waals surface area contributed by atoms with E-state index in [4.69, 9.17) is 4.74 Å². The summed E-state index contributed by atoms with van der Waals surface area (Å²) in [5, 5.41) is 16.9. The van der Waals surface area contributed by atoms with Crippen molar-refractivity contribution in [2.75, 3.05) is 26.7 Å². The van der Waals surface area contributed by atoms with Crippen molar-refractivity contribution >= 4 is 11.8 Å². The summed E-state index contributed by atoms with van der Waals surface area (Å²) in [5.41, 5.74) is 1.38. The maximum absolute atomic E-state index is 12.8. The van der Waals surface area contributed by atoms with Crippen molar-refractivity contribution in [3.63, 3.8) is 0 Å². The number of aliphatic hydroxyl groups excluding tert-OH is 1. The van der Waals surface area contributed by atoms with Crippen LogP contribution in [0.25, 0.3) is 0 Å². The second-order valence-electron chi connectivity index (χ2n) is 9.86. The lowest BCUT2D eigenvalue weighted by molar-refractivity contribution is -0.274. The monoisotopic (exact) mass is 581 g/mol. The van der Waals surface area contributed by atoms with E-state index in [-0.39, 0.29) is 43.4 Å². The van der Waals surface area contributed by atoms with Crippen LogP contribution in [-0.2, 0) is 22.6 Å². The summed E-state index contributed by atoms with van der Waals surface area (Å²) in [5.74, 6) is -0.0361. The van der Waals surface area contributed by atoms with E-state index in [0.29, 0.717) is 37.4 Å². The average molecular weight is 582 g/mol. The topological polar surface area (TPSA) is 100 Å². The highest BCUT2D eigenvalue weighted by molar-refractivity contribution is 5.79. The van der Waals surface area contributed by atoms with Crippen LogP contribution in [0.4, 0.5) is 13.2 Å². The van der Waals surface area contributed by atoms with Crippen LogP contribution in [0.2, 0.25) is 0 Å². The van der Waals surface area contributed by atoms with Crippen LogP contribution in [0, 0.1) is 0 Å². The lowest BCUT2D eigenvalue weighted by Gasteiger charge is -2.25. The summed E-state index contributed by atoms with van der Waals surface area (Å²) in [6.07, 6.45) is -3.45. The molecular weight excluding hydrogens is 539 g/mol. The first kappa shape index (κ1) is 33.9. The van der Waals surface area contributed by atoms with Gasteiger partial charge in [-0.15, -0.1) is 13.2 Å². The maximum Gasteiger partial charge on any atom is 0.573 e. The van der Waals surface area contributed by atoms with E-state index >= 15 is 0 Å². The van der Waals surface area contributed by atoms with E-state index in [1.54, 1.807) is 18.1 Å². The molecule has 0 saturated carbocycles. The fourth-order valence-corrected chi connectivity index (χ4v) is 4.43. The number of alkyl halides is 3. The van der Waals surface area contributed by atoms with Gasteiger partial charge in [0.15, 0.2) is 0 Å². The van der Waals surface area contributed by atoms with Crippen molar-refractivity contribution in [3.8, 4) is 11.5 Å². The SMILES string of the molecule is CCCN(CCC)C(=O)CCCC(=O)N[C@@H](Cc1cccc(OC(F)(F)F)c1)[C@H](O)CNCc1cccc(OC)c1. The zero-order valence-corrected chi connectivity index (χ0v) is 24.0. The molecule has 2 aromatic carbocycles. The minimum atomic E-state index is -4.84. The molecule has 0 aliphatic carbocycles. The van der Waals surface area contributed by atoms with E-state index in [0.717, 1.165) is 18.4 Å². The lowest BCUT2D eigenvalue weighted by Crippen LogP contribution is -2.48. The molecule has 8 nitrogen and oxygen atoms in total. The summed E-state index contributed by atoms with van der Waals surface area (Å²) in [4.78, 5) is 27.1. The molecule has 228 valence electrons. The Labute approximate surface area is 240 Å². The Bertz CT molecular complexity index is 1080. The van der Waals surface area contributed by atoms with Crippen molar-refractivity contribution in [1.82, 2.24) is 15.5 Å². The zero-order valence-electron chi connectivity index (χ0n) is 24.0. The number of carbonyl (C=O) groups excluding carboxylic acids is 2. The highest BCUT2D eigenvalue weighted by Crippen LogP contribution is 2.24. The first-order valence-corrected chi connectivity index (χ1v) is 14.0. The minimum absolute atomic E-state index is 0.00121. The Morgan fingerprint density at radius 3 is 2.24 bits per heavy atom. The molecule has 0 saturated heterocycles. The number of amides is 2. The molecule has 0 aromatic heterocycles. The number of carbonyl (C=O) groups is 2.